The first-order valence-corrected chi connectivity index (χ1v) is 6.75. The van der Waals surface area contributed by atoms with E-state index in [1.165, 1.54) is 0 Å². The van der Waals surface area contributed by atoms with Crippen molar-refractivity contribution in [2.75, 3.05) is 13.2 Å². The zero-order valence-electron chi connectivity index (χ0n) is 10.9. The van der Waals surface area contributed by atoms with Gasteiger partial charge in [0.2, 0.25) is 0 Å². The van der Waals surface area contributed by atoms with Crippen molar-refractivity contribution in [2.45, 2.75) is 44.1 Å². The van der Waals surface area contributed by atoms with Crippen LogP contribution in [0.5, 0.6) is 0 Å². The second kappa shape index (κ2) is 4.99. The van der Waals surface area contributed by atoms with Crippen LogP contribution in [-0.4, -0.2) is 34.6 Å². The Hall–Kier alpha value is -0.910. The van der Waals surface area contributed by atoms with Crippen LogP contribution >= 0.6 is 0 Å². The summed E-state index contributed by atoms with van der Waals surface area (Å²) in [7, 11) is 2.03. The van der Waals surface area contributed by atoms with E-state index in [9.17, 15) is 0 Å². The van der Waals surface area contributed by atoms with Crippen LogP contribution < -0.4 is 5.32 Å². The third-order valence-electron chi connectivity index (χ3n) is 4.03. The highest BCUT2D eigenvalue weighted by Gasteiger charge is 2.40. The van der Waals surface area contributed by atoms with Crippen LogP contribution in [0, 0.1) is 0 Å². The Labute approximate surface area is 107 Å². The smallest absolute Gasteiger partial charge is 0.168 e. The Morgan fingerprint density at radius 1 is 1.39 bits per heavy atom. The predicted octanol–water partition coefficient (Wildman–Crippen LogP) is 1.20. The van der Waals surface area contributed by atoms with Crippen LogP contribution in [0.4, 0.5) is 0 Å². The predicted molar refractivity (Wildman–Crippen MR) is 66.9 cm³/mol. The van der Waals surface area contributed by atoms with Gasteiger partial charge in [0.05, 0.1) is 19.8 Å². The summed E-state index contributed by atoms with van der Waals surface area (Å²) in [5.41, 5.74) is 0. The molecule has 0 bridgehead atoms. The molecule has 100 valence electrons. The van der Waals surface area contributed by atoms with Crippen LogP contribution in [0.25, 0.3) is 0 Å². The van der Waals surface area contributed by atoms with Crippen molar-refractivity contribution < 1.29 is 9.47 Å². The number of hydrogen-bond acceptors (Lipinski definition) is 4. The molecule has 0 atom stereocenters. The third kappa shape index (κ3) is 2.43. The van der Waals surface area contributed by atoms with Crippen LogP contribution in [0.3, 0.4) is 0 Å². The highest BCUT2D eigenvalue weighted by molar-refractivity contribution is 4.92. The van der Waals surface area contributed by atoms with Gasteiger partial charge in [-0.05, 0) is 12.8 Å². The molecule has 2 fully saturated rings. The quantitative estimate of drug-likeness (QED) is 0.877. The van der Waals surface area contributed by atoms with Gasteiger partial charge in [-0.25, -0.2) is 4.98 Å². The molecule has 0 radical (unpaired) electrons. The lowest BCUT2D eigenvalue weighted by molar-refractivity contribution is -0.179. The molecule has 1 aromatic rings. The van der Waals surface area contributed by atoms with Crippen molar-refractivity contribution in [3.8, 4) is 0 Å². The van der Waals surface area contributed by atoms with Crippen molar-refractivity contribution >= 4 is 0 Å². The molecule has 0 amide bonds. The summed E-state index contributed by atoms with van der Waals surface area (Å²) in [5.74, 6) is 0.838. The Bertz CT molecular complexity index is 389. The molecule has 5 nitrogen and oxygen atoms in total. The maximum Gasteiger partial charge on any atom is 0.168 e. The fourth-order valence-electron chi connectivity index (χ4n) is 2.85. The summed E-state index contributed by atoms with van der Waals surface area (Å²) < 4.78 is 13.5. The van der Waals surface area contributed by atoms with Crippen LogP contribution in [-0.2, 0) is 23.1 Å². The van der Waals surface area contributed by atoms with E-state index in [0.29, 0.717) is 6.04 Å². The van der Waals surface area contributed by atoms with E-state index in [1.54, 1.807) is 0 Å². The first-order chi connectivity index (χ1) is 8.77. The Morgan fingerprint density at radius 2 is 2.11 bits per heavy atom. The molecule has 0 aromatic carbocycles. The van der Waals surface area contributed by atoms with Gasteiger partial charge < -0.3 is 19.4 Å². The molecule has 2 heterocycles. The Morgan fingerprint density at radius 3 is 2.72 bits per heavy atom. The molecule has 1 saturated carbocycles. The number of imidazole rings is 1. The van der Waals surface area contributed by atoms with E-state index in [4.69, 9.17) is 9.47 Å². The number of hydrogen-bond donors (Lipinski definition) is 1. The first kappa shape index (κ1) is 12.1. The van der Waals surface area contributed by atoms with Crippen molar-refractivity contribution in [1.29, 1.82) is 0 Å². The summed E-state index contributed by atoms with van der Waals surface area (Å²) in [6.07, 6.45) is 8.06. The van der Waals surface area contributed by atoms with E-state index in [2.05, 4.69) is 14.9 Å². The third-order valence-corrected chi connectivity index (χ3v) is 4.03. The topological polar surface area (TPSA) is 48.3 Å². The lowest BCUT2D eigenvalue weighted by Crippen LogP contribution is -2.42. The molecule has 1 N–H and O–H groups in total. The fourth-order valence-corrected chi connectivity index (χ4v) is 2.85. The van der Waals surface area contributed by atoms with Gasteiger partial charge in [-0.2, -0.15) is 0 Å². The van der Waals surface area contributed by atoms with Gasteiger partial charge >= 0.3 is 0 Å². The van der Waals surface area contributed by atoms with Gasteiger partial charge in [0.25, 0.3) is 0 Å². The summed E-state index contributed by atoms with van der Waals surface area (Å²) in [5, 5.41) is 3.58. The Balaban J connectivity index is 1.47. The second-order valence-electron chi connectivity index (χ2n) is 5.22. The molecule has 1 spiro atoms. The zero-order chi connectivity index (χ0) is 12.4. The van der Waals surface area contributed by atoms with E-state index in [1.807, 2.05) is 19.4 Å². The highest BCUT2D eigenvalue weighted by atomic mass is 16.7. The van der Waals surface area contributed by atoms with E-state index < -0.39 is 0 Å². The number of aryl methyl sites for hydroxylation is 1. The standard InChI is InChI=1S/C13H21N3O2/c1-16-7-6-14-12(16)10-15-11-2-4-13(5-3-11)17-8-9-18-13/h6-7,11,15H,2-5,8-10H2,1H3. The summed E-state index contributed by atoms with van der Waals surface area (Å²) in [6, 6.07) is 0.556. The van der Waals surface area contributed by atoms with E-state index >= 15 is 0 Å². The van der Waals surface area contributed by atoms with Gasteiger partial charge in [-0.3, -0.25) is 0 Å². The maximum atomic E-state index is 5.73. The van der Waals surface area contributed by atoms with Gasteiger partial charge in [0, 0.05) is 38.3 Å². The molecule has 5 heteroatoms. The highest BCUT2D eigenvalue weighted by Crippen LogP contribution is 2.35. The van der Waals surface area contributed by atoms with Gasteiger partial charge in [0.15, 0.2) is 5.79 Å². The minimum Gasteiger partial charge on any atom is -0.348 e. The molecule has 18 heavy (non-hydrogen) atoms. The SMILES string of the molecule is Cn1ccnc1CNC1CCC2(CC1)OCCO2. The van der Waals surface area contributed by atoms with Crippen molar-refractivity contribution in [2.24, 2.45) is 7.05 Å². The maximum absolute atomic E-state index is 5.73. The van der Waals surface area contributed by atoms with E-state index in [0.717, 1.165) is 51.3 Å². The zero-order valence-corrected chi connectivity index (χ0v) is 10.9. The molecule has 0 unspecified atom stereocenters. The lowest BCUT2D eigenvalue weighted by atomic mass is 9.90. The van der Waals surface area contributed by atoms with Gasteiger partial charge in [-0.1, -0.05) is 0 Å². The first-order valence-electron chi connectivity index (χ1n) is 6.75. The van der Waals surface area contributed by atoms with Crippen molar-refractivity contribution in [3.63, 3.8) is 0 Å². The number of nitrogens with one attached hydrogen (secondary N) is 1. The fraction of sp³-hybridized carbons (Fsp3) is 0.769. The normalized spacial score (nSPS) is 23.8. The molecule has 1 aliphatic heterocycles. The Kier molecular flexibility index (Phi) is 3.37. The molecule has 1 saturated heterocycles. The molecular formula is C13H21N3O2. The van der Waals surface area contributed by atoms with Crippen LogP contribution in [0.2, 0.25) is 0 Å². The van der Waals surface area contributed by atoms with Crippen molar-refractivity contribution in [3.05, 3.63) is 18.2 Å². The van der Waals surface area contributed by atoms with Gasteiger partial charge in [-0.15, -0.1) is 0 Å². The molecule has 2 aliphatic rings. The molecule has 3 rings (SSSR count). The van der Waals surface area contributed by atoms with E-state index in [-0.39, 0.29) is 5.79 Å². The summed E-state index contributed by atoms with van der Waals surface area (Å²) in [6.45, 7) is 2.35. The summed E-state index contributed by atoms with van der Waals surface area (Å²) >= 11 is 0. The molecule has 1 aromatic heterocycles. The number of aromatic nitrogens is 2. The van der Waals surface area contributed by atoms with Crippen molar-refractivity contribution in [1.82, 2.24) is 14.9 Å². The number of nitrogens with zero attached hydrogens (tertiary/aromatic N) is 2. The average Bonchev–Trinajstić information content (AvgIpc) is 2.99. The van der Waals surface area contributed by atoms with Gasteiger partial charge in [0.1, 0.15) is 5.82 Å². The molecular weight excluding hydrogens is 230 g/mol. The summed E-state index contributed by atoms with van der Waals surface area (Å²) in [4.78, 5) is 4.32. The number of rotatable bonds is 3. The number of ether oxygens (including phenoxy) is 2. The second-order valence-corrected chi connectivity index (χ2v) is 5.22. The largest absolute Gasteiger partial charge is 0.348 e. The minimum atomic E-state index is -0.249. The molecule has 1 aliphatic carbocycles. The van der Waals surface area contributed by atoms with Crippen LogP contribution in [0.15, 0.2) is 12.4 Å². The average molecular weight is 251 g/mol. The lowest BCUT2D eigenvalue weighted by Gasteiger charge is -2.35. The minimum absolute atomic E-state index is 0.249. The van der Waals surface area contributed by atoms with Crippen LogP contribution in [0.1, 0.15) is 31.5 Å². The monoisotopic (exact) mass is 251 g/mol.